The van der Waals surface area contributed by atoms with E-state index in [0.29, 0.717) is 62.6 Å². The second kappa shape index (κ2) is 27.3. The molecule has 6 aromatic heterocycles. The van der Waals surface area contributed by atoms with Crippen LogP contribution >= 0.6 is 25.9 Å². The van der Waals surface area contributed by atoms with E-state index in [-0.39, 0.29) is 80.3 Å². The second-order valence-corrected chi connectivity index (χ2v) is 20.7. The molecule has 0 spiro atoms. The van der Waals surface area contributed by atoms with Crippen molar-refractivity contribution in [3.8, 4) is 22.3 Å². The van der Waals surface area contributed by atoms with Crippen LogP contribution in [0.3, 0.4) is 0 Å². The van der Waals surface area contributed by atoms with Crippen LogP contribution in [-0.4, -0.2) is 109 Å². The van der Waals surface area contributed by atoms with Crippen molar-refractivity contribution in [1.82, 2.24) is 49.3 Å². The van der Waals surface area contributed by atoms with E-state index in [4.69, 9.17) is 16.6 Å². The lowest BCUT2D eigenvalue weighted by molar-refractivity contribution is -0.141. The number of pyridine rings is 2. The molecular formula is C58H63ClN14O7S3. The third kappa shape index (κ3) is 14.2. The van der Waals surface area contributed by atoms with E-state index >= 15 is 0 Å². The van der Waals surface area contributed by atoms with Crippen LogP contribution in [0.5, 0.6) is 0 Å². The van der Waals surface area contributed by atoms with Crippen molar-refractivity contribution in [3.05, 3.63) is 144 Å². The third-order valence-electron chi connectivity index (χ3n) is 15.2. The SMILES string of the molecule is Cc1cccc(NC(=O)[C@@H]2C3CCC(C3)N2C(=O)Cn2cc(C(N)=O)c3cc(-c4cnc(C)nc4)ccc32)n1.Cc1cccc(NC(=O)[C@H]2NC3CCC2C3)n1.Cc1ncc(-c2ccc3c(c2)c(C(N)=O)cn3CC(=O)O)cn1.Cl.S.S=S. The highest BCUT2D eigenvalue weighted by atomic mass is 35.5. The van der Waals surface area contributed by atoms with Crippen LogP contribution in [0.15, 0.2) is 110 Å². The van der Waals surface area contributed by atoms with Crippen LogP contribution in [0.4, 0.5) is 11.6 Å². The highest BCUT2D eigenvalue weighted by Gasteiger charge is 2.51. The van der Waals surface area contributed by atoms with Gasteiger partial charge in [-0.1, -0.05) is 24.3 Å². The summed E-state index contributed by atoms with van der Waals surface area (Å²) < 4.78 is 3.24. The summed E-state index contributed by atoms with van der Waals surface area (Å²) in [5.41, 5.74) is 18.1. The molecule has 4 unspecified atom stereocenters. The van der Waals surface area contributed by atoms with Gasteiger partial charge in [-0.05, 0) is 138 Å². The normalized spacial score (nSPS) is 18.7. The maximum absolute atomic E-state index is 13.7. The summed E-state index contributed by atoms with van der Waals surface area (Å²) in [4.78, 5) is 101. The first-order valence-corrected chi connectivity index (χ1v) is 27.7. The lowest BCUT2D eigenvalue weighted by atomic mass is 9.97. The number of rotatable bonds is 12. The zero-order valence-corrected chi connectivity index (χ0v) is 49.3. The number of nitrogens with zero attached hydrogens (tertiary/aromatic N) is 9. The molecule has 21 nitrogen and oxygen atoms in total. The minimum Gasteiger partial charge on any atom is -0.480 e. The van der Waals surface area contributed by atoms with Crippen molar-refractivity contribution in [2.24, 2.45) is 23.3 Å². The number of hydrogen-bond donors (Lipinski definition) is 6. The van der Waals surface area contributed by atoms with E-state index in [1.807, 2.05) is 75.4 Å². The molecule has 2 aliphatic heterocycles. The molecule has 8 heterocycles. The molecule has 25 heteroatoms. The molecule has 4 aliphatic rings. The molecule has 2 aromatic carbocycles. The van der Waals surface area contributed by atoms with Gasteiger partial charge in [0.05, 0.1) is 17.2 Å². The van der Waals surface area contributed by atoms with Crippen molar-refractivity contribution in [2.45, 2.75) is 103 Å². The predicted octanol–water partition coefficient (Wildman–Crippen LogP) is 6.82. The zero-order valence-electron chi connectivity index (χ0n) is 45.8. The van der Waals surface area contributed by atoms with E-state index in [2.05, 4.69) is 68.2 Å². The fourth-order valence-electron chi connectivity index (χ4n) is 11.5. The summed E-state index contributed by atoms with van der Waals surface area (Å²) in [7, 11) is 0. The van der Waals surface area contributed by atoms with Crippen molar-refractivity contribution in [2.75, 3.05) is 10.6 Å². The van der Waals surface area contributed by atoms with Gasteiger partial charge in [0, 0.05) is 116 Å². The first-order valence-electron chi connectivity index (χ1n) is 26.3. The molecule has 8 N–H and O–H groups in total. The van der Waals surface area contributed by atoms with E-state index in [0.717, 1.165) is 59.3 Å². The predicted molar refractivity (Wildman–Crippen MR) is 327 cm³/mol. The van der Waals surface area contributed by atoms with Gasteiger partial charge in [-0.15, -0.1) is 12.4 Å². The Morgan fingerprint density at radius 1 is 0.627 bits per heavy atom. The van der Waals surface area contributed by atoms with Gasteiger partial charge in [-0.2, -0.15) is 13.5 Å². The fourth-order valence-corrected chi connectivity index (χ4v) is 11.5. The van der Waals surface area contributed by atoms with Crippen molar-refractivity contribution >= 4 is 117 Å². The quantitative estimate of drug-likeness (QED) is 0.0731. The number of likely N-dealkylation sites (tertiary alicyclic amines) is 1. The van der Waals surface area contributed by atoms with Gasteiger partial charge in [-0.3, -0.25) is 28.8 Å². The Labute approximate surface area is 501 Å². The zero-order chi connectivity index (χ0) is 57.6. The lowest BCUT2D eigenvalue weighted by Gasteiger charge is -2.34. The number of nitrogens with two attached hydrogens (primary N) is 2. The maximum Gasteiger partial charge on any atom is 0.323 e. The molecule has 4 fully saturated rings. The number of primary amides is 2. The van der Waals surface area contributed by atoms with Gasteiger partial charge >= 0.3 is 5.97 Å². The van der Waals surface area contributed by atoms with E-state index < -0.39 is 23.8 Å². The number of carboxylic acids is 1. The summed E-state index contributed by atoms with van der Waals surface area (Å²) in [6.45, 7) is 7.15. The van der Waals surface area contributed by atoms with Gasteiger partial charge in [-0.25, -0.2) is 29.9 Å². The average Bonchev–Trinajstić information content (AvgIpc) is 4.55. The number of amides is 5. The second-order valence-electron chi connectivity index (χ2n) is 20.7. The van der Waals surface area contributed by atoms with Gasteiger partial charge < -0.3 is 46.6 Å². The number of benzene rings is 2. The maximum atomic E-state index is 13.7. The van der Waals surface area contributed by atoms with Crippen LogP contribution in [0.25, 0.3) is 44.1 Å². The molecule has 2 saturated heterocycles. The van der Waals surface area contributed by atoms with Gasteiger partial charge in [0.2, 0.25) is 17.7 Å². The van der Waals surface area contributed by atoms with E-state index in [1.165, 1.54) is 23.6 Å². The number of fused-ring (bicyclic) bond motifs is 6. The Kier molecular flexibility index (Phi) is 20.5. The lowest BCUT2D eigenvalue weighted by Crippen LogP contribution is -2.51. The Hall–Kier alpha value is -8.16. The molecule has 2 aliphatic carbocycles. The first-order chi connectivity index (χ1) is 39.0. The first kappa shape index (κ1) is 62.4. The number of carbonyl (C=O) groups excluding carboxylic acids is 5. The molecule has 2 saturated carbocycles. The molecule has 4 bridgehead atoms. The molecule has 12 rings (SSSR count). The number of nitrogens with one attached hydrogen (secondary N) is 3. The Balaban J connectivity index is 0.000000191. The van der Waals surface area contributed by atoms with E-state index in [1.54, 1.807) is 65.6 Å². The molecule has 8 aromatic rings. The Morgan fingerprint density at radius 3 is 1.55 bits per heavy atom. The van der Waals surface area contributed by atoms with Crippen LogP contribution in [0, 0.1) is 39.5 Å². The van der Waals surface area contributed by atoms with Crippen LogP contribution in [0.2, 0.25) is 0 Å². The highest BCUT2D eigenvalue weighted by molar-refractivity contribution is 8.07. The number of piperidine rings is 2. The number of aryl methyl sites for hydroxylation is 4. The summed E-state index contributed by atoms with van der Waals surface area (Å²) >= 11 is 7.33. The van der Waals surface area contributed by atoms with Crippen molar-refractivity contribution in [1.29, 1.82) is 0 Å². The van der Waals surface area contributed by atoms with Crippen molar-refractivity contribution < 1.29 is 33.9 Å². The molecule has 5 amide bonds. The topological polar surface area (TPSA) is 301 Å². The number of carbonyl (C=O) groups is 6. The van der Waals surface area contributed by atoms with E-state index in [9.17, 15) is 28.8 Å². The molecule has 0 radical (unpaired) electrons. The number of halogens is 1. The van der Waals surface area contributed by atoms with Gasteiger partial charge in [0.15, 0.2) is 0 Å². The Bertz CT molecular complexity index is 3720. The summed E-state index contributed by atoms with van der Waals surface area (Å²) in [5.74, 6) is 0.618. The largest absolute Gasteiger partial charge is 0.480 e. The summed E-state index contributed by atoms with van der Waals surface area (Å²) in [5, 5.41) is 19.4. The monoisotopic (exact) mass is 1200 g/mol. The summed E-state index contributed by atoms with van der Waals surface area (Å²) in [6.07, 6.45) is 16.1. The number of hydrogen-bond acceptors (Lipinski definition) is 15. The highest BCUT2D eigenvalue weighted by Crippen LogP contribution is 2.43. The Morgan fingerprint density at radius 2 is 1.11 bits per heavy atom. The fraction of sp³-hybridized carbons (Fsp3) is 0.310. The van der Waals surface area contributed by atoms with Crippen molar-refractivity contribution in [3.63, 3.8) is 0 Å². The average molecular weight is 1200 g/mol. The van der Waals surface area contributed by atoms with Gasteiger partial charge in [0.1, 0.15) is 42.4 Å². The smallest absolute Gasteiger partial charge is 0.323 e. The molecule has 83 heavy (non-hydrogen) atoms. The standard InChI is InChI=1S/C29H29N7O3.C16H14N4O3.C13H17N3O.ClH.S2.H2S/c1-16-4-3-5-25(33-16)34-29(39)27-19-6-8-21(10-19)36(27)26(37)15-35-14-23(28(30)38)22-11-18(7-9-24(22)35)20-12-31-17(2)32-13-20;1-9-18-5-11(6-19-9)10-2-3-14-12(4-10)13(16(17)23)7-20(14)8-15(21)22;1-8-3-2-4-11(14-8)16-13(17)12-9-5-6-10(7-9)15-12;;1-2;/h3-5,7,9,11-14,19,21,27H,6,8,10,15H2,1-2H3,(H2,30,38)(H,33,34,39);2-7H,8H2,1H3,(H2,17,23)(H,21,22);2-4,9-10,12,15H,5-7H2,1H3,(H,14,16,17);1H;;1H2/t19?,21?,27-;;9?,10?,12-;;;/m0.0.../s1. The summed E-state index contributed by atoms with van der Waals surface area (Å²) in [6, 6.07) is 22.2. The van der Waals surface area contributed by atoms with Crippen LogP contribution in [-0.2, 0) is 54.6 Å². The number of anilines is 2. The minimum absolute atomic E-state index is 0. The number of carboxylic acid groups (broad SMARTS) is 1. The van der Waals surface area contributed by atoms with Crippen LogP contribution in [0.1, 0.15) is 82.3 Å². The minimum atomic E-state index is -0.992. The molecule has 432 valence electrons. The third-order valence-corrected chi connectivity index (χ3v) is 15.2. The van der Waals surface area contributed by atoms with Gasteiger partial charge in [0.25, 0.3) is 11.8 Å². The van der Waals surface area contributed by atoms with Crippen LogP contribution < -0.4 is 27.4 Å². The molecule has 6 atom stereocenters. The molecular weight excluding hydrogens is 1140 g/mol. The number of aromatic nitrogens is 8. The number of aliphatic carboxylic acids is 1.